The Morgan fingerprint density at radius 2 is 2.21 bits per heavy atom. The van der Waals surface area contributed by atoms with Crippen molar-refractivity contribution in [1.29, 1.82) is 0 Å². The van der Waals surface area contributed by atoms with Crippen LogP contribution in [0.5, 0.6) is 0 Å². The number of halogens is 2. The van der Waals surface area contributed by atoms with Crippen molar-refractivity contribution in [1.82, 2.24) is 10.7 Å². The number of amides is 2. The molecule has 14 heavy (non-hydrogen) atoms. The fourth-order valence-electron chi connectivity index (χ4n) is 0.880. The summed E-state index contributed by atoms with van der Waals surface area (Å²) in [6.45, 7) is 0.251. The normalized spacial score (nSPS) is 8.71. The van der Waals surface area contributed by atoms with Gasteiger partial charge in [-0.15, -0.1) is 12.4 Å². The third-order valence-corrected chi connectivity index (χ3v) is 1.47. The number of hydrogen-bond donors (Lipinski definition) is 3. The molecule has 0 heterocycles. The molecule has 0 unspecified atom stereocenters. The van der Waals surface area contributed by atoms with Gasteiger partial charge in [0.25, 0.3) is 0 Å². The second-order valence-corrected chi connectivity index (χ2v) is 2.46. The third kappa shape index (κ3) is 4.06. The molecule has 6 heteroatoms. The predicted molar refractivity (Wildman–Crippen MR) is 53.2 cm³/mol. The Kier molecular flexibility index (Phi) is 5.59. The van der Waals surface area contributed by atoms with E-state index in [4.69, 9.17) is 5.84 Å². The lowest BCUT2D eigenvalue weighted by atomic mass is 10.2. The van der Waals surface area contributed by atoms with Gasteiger partial charge < -0.3 is 5.32 Å². The zero-order chi connectivity index (χ0) is 9.68. The number of urea groups is 1. The fourth-order valence-corrected chi connectivity index (χ4v) is 0.880. The number of carbonyl (C=O) groups is 1. The highest BCUT2D eigenvalue weighted by Crippen LogP contribution is 2.02. The summed E-state index contributed by atoms with van der Waals surface area (Å²) >= 11 is 0. The Bertz CT molecular complexity index is 308. The van der Waals surface area contributed by atoms with Gasteiger partial charge >= 0.3 is 6.03 Å². The van der Waals surface area contributed by atoms with Gasteiger partial charge in [-0.1, -0.05) is 12.1 Å². The molecule has 0 saturated carbocycles. The number of rotatable bonds is 2. The molecule has 0 aromatic heterocycles. The van der Waals surface area contributed by atoms with Gasteiger partial charge in [-0.2, -0.15) is 0 Å². The van der Waals surface area contributed by atoms with Crippen LogP contribution in [0.15, 0.2) is 24.3 Å². The van der Waals surface area contributed by atoms with Crippen molar-refractivity contribution >= 4 is 18.4 Å². The van der Waals surface area contributed by atoms with E-state index < -0.39 is 6.03 Å². The predicted octanol–water partition coefficient (Wildman–Crippen LogP) is 0.920. The van der Waals surface area contributed by atoms with Crippen molar-refractivity contribution in [2.45, 2.75) is 6.54 Å². The summed E-state index contributed by atoms with van der Waals surface area (Å²) in [4.78, 5) is 10.6. The average molecular weight is 220 g/mol. The molecule has 0 spiro atoms. The zero-order valence-electron chi connectivity index (χ0n) is 7.29. The van der Waals surface area contributed by atoms with Crippen molar-refractivity contribution in [2.75, 3.05) is 0 Å². The molecule has 1 aromatic carbocycles. The summed E-state index contributed by atoms with van der Waals surface area (Å²) in [7, 11) is 0. The van der Waals surface area contributed by atoms with Gasteiger partial charge in [-0.3, -0.25) is 5.43 Å². The summed E-state index contributed by atoms with van der Waals surface area (Å²) in [5, 5.41) is 2.43. The van der Waals surface area contributed by atoms with Crippen molar-refractivity contribution in [3.05, 3.63) is 35.6 Å². The van der Waals surface area contributed by atoms with Crippen LogP contribution in [0.1, 0.15) is 5.56 Å². The number of carbonyl (C=O) groups excluding carboxylic acids is 1. The molecular formula is C8H11ClFN3O. The largest absolute Gasteiger partial charge is 0.333 e. The van der Waals surface area contributed by atoms with Crippen molar-refractivity contribution in [3.63, 3.8) is 0 Å². The number of nitrogens with one attached hydrogen (secondary N) is 2. The Morgan fingerprint density at radius 1 is 1.50 bits per heavy atom. The Labute approximate surface area is 87.1 Å². The molecular weight excluding hydrogens is 209 g/mol. The number of hydrogen-bond acceptors (Lipinski definition) is 2. The van der Waals surface area contributed by atoms with E-state index >= 15 is 0 Å². The molecule has 78 valence electrons. The summed E-state index contributed by atoms with van der Waals surface area (Å²) in [5.74, 6) is 4.50. The lowest BCUT2D eigenvalue weighted by Gasteiger charge is -2.03. The highest BCUT2D eigenvalue weighted by atomic mass is 35.5. The standard InChI is InChI=1S/C8H10FN3O.ClH/c9-7-3-1-2-6(4-7)5-11-8(13)12-10;/h1-4H,5,10H2,(H2,11,12,13);1H. The monoisotopic (exact) mass is 219 g/mol. The lowest BCUT2D eigenvalue weighted by Crippen LogP contribution is -2.39. The molecule has 0 fully saturated rings. The summed E-state index contributed by atoms with van der Waals surface area (Å²) in [6, 6.07) is 5.47. The Hall–Kier alpha value is -1.33. The maximum atomic E-state index is 12.6. The van der Waals surface area contributed by atoms with Gasteiger partial charge in [0.1, 0.15) is 5.82 Å². The minimum Gasteiger partial charge on any atom is -0.333 e. The molecule has 1 rings (SSSR count). The molecule has 0 bridgehead atoms. The molecule has 0 aliphatic heterocycles. The van der Waals surface area contributed by atoms with Crippen LogP contribution in [0.3, 0.4) is 0 Å². The minimum atomic E-state index is -0.496. The van der Waals surface area contributed by atoms with Crippen LogP contribution in [0, 0.1) is 5.82 Å². The van der Waals surface area contributed by atoms with Gasteiger partial charge in [0.2, 0.25) is 0 Å². The fraction of sp³-hybridized carbons (Fsp3) is 0.125. The minimum absolute atomic E-state index is 0. The van der Waals surface area contributed by atoms with Crippen LogP contribution in [-0.2, 0) is 6.54 Å². The lowest BCUT2D eigenvalue weighted by molar-refractivity contribution is 0.240. The second kappa shape index (κ2) is 6.17. The highest BCUT2D eigenvalue weighted by molar-refractivity contribution is 5.85. The van der Waals surface area contributed by atoms with Gasteiger partial charge in [-0.05, 0) is 17.7 Å². The van der Waals surface area contributed by atoms with E-state index in [9.17, 15) is 9.18 Å². The van der Waals surface area contributed by atoms with E-state index in [0.29, 0.717) is 5.56 Å². The van der Waals surface area contributed by atoms with Gasteiger partial charge in [-0.25, -0.2) is 15.0 Å². The van der Waals surface area contributed by atoms with Crippen LogP contribution >= 0.6 is 12.4 Å². The van der Waals surface area contributed by atoms with Crippen LogP contribution < -0.4 is 16.6 Å². The van der Waals surface area contributed by atoms with E-state index in [1.54, 1.807) is 12.1 Å². The van der Waals surface area contributed by atoms with Crippen LogP contribution in [0.4, 0.5) is 9.18 Å². The van der Waals surface area contributed by atoms with E-state index in [1.165, 1.54) is 12.1 Å². The molecule has 0 aliphatic carbocycles. The zero-order valence-corrected chi connectivity index (χ0v) is 8.10. The molecule has 0 saturated heterocycles. The first-order valence-electron chi connectivity index (χ1n) is 3.71. The van der Waals surface area contributed by atoms with Crippen LogP contribution in [0.25, 0.3) is 0 Å². The number of hydrazine groups is 1. The number of nitrogens with two attached hydrogens (primary N) is 1. The van der Waals surface area contributed by atoms with E-state index in [-0.39, 0.29) is 24.8 Å². The quantitative estimate of drug-likeness (QED) is 0.393. The van der Waals surface area contributed by atoms with E-state index in [1.807, 2.05) is 5.43 Å². The molecule has 0 radical (unpaired) electrons. The van der Waals surface area contributed by atoms with Crippen molar-refractivity contribution in [2.24, 2.45) is 5.84 Å². The third-order valence-electron chi connectivity index (χ3n) is 1.47. The van der Waals surface area contributed by atoms with Crippen LogP contribution in [-0.4, -0.2) is 6.03 Å². The Balaban J connectivity index is 0.00000169. The first-order chi connectivity index (χ1) is 6.22. The maximum absolute atomic E-state index is 12.6. The molecule has 4 nitrogen and oxygen atoms in total. The molecule has 0 atom stereocenters. The first-order valence-corrected chi connectivity index (χ1v) is 3.71. The number of benzene rings is 1. The first kappa shape index (κ1) is 12.7. The maximum Gasteiger partial charge on any atom is 0.329 e. The smallest absolute Gasteiger partial charge is 0.329 e. The van der Waals surface area contributed by atoms with Crippen molar-refractivity contribution in [3.8, 4) is 0 Å². The van der Waals surface area contributed by atoms with Gasteiger partial charge in [0.05, 0.1) is 0 Å². The molecule has 2 amide bonds. The van der Waals surface area contributed by atoms with Gasteiger partial charge in [0.15, 0.2) is 0 Å². The molecule has 4 N–H and O–H groups in total. The van der Waals surface area contributed by atoms with Crippen LogP contribution in [0.2, 0.25) is 0 Å². The van der Waals surface area contributed by atoms with Crippen molar-refractivity contribution < 1.29 is 9.18 Å². The second-order valence-electron chi connectivity index (χ2n) is 2.46. The Morgan fingerprint density at radius 3 is 2.79 bits per heavy atom. The highest BCUT2D eigenvalue weighted by Gasteiger charge is 1.97. The molecule has 0 aliphatic rings. The summed E-state index contributed by atoms with van der Waals surface area (Å²) in [6.07, 6.45) is 0. The van der Waals surface area contributed by atoms with E-state index in [2.05, 4.69) is 5.32 Å². The van der Waals surface area contributed by atoms with E-state index in [0.717, 1.165) is 0 Å². The summed E-state index contributed by atoms with van der Waals surface area (Å²) < 4.78 is 12.6. The average Bonchev–Trinajstić information content (AvgIpc) is 2.14. The topological polar surface area (TPSA) is 67.1 Å². The SMILES string of the molecule is Cl.NNC(=O)NCc1cccc(F)c1. The van der Waals surface area contributed by atoms with Gasteiger partial charge in [0, 0.05) is 6.54 Å². The summed E-state index contributed by atoms with van der Waals surface area (Å²) in [5.41, 5.74) is 2.59. The molecule has 1 aromatic rings.